The van der Waals surface area contributed by atoms with Gasteiger partial charge < -0.3 is 14.5 Å². The smallest absolute Gasteiger partial charge is 0.167 e. The highest BCUT2D eigenvalue weighted by Crippen LogP contribution is 2.29. The molecule has 0 spiro atoms. The second-order valence-electron chi connectivity index (χ2n) is 5.79. The van der Waals surface area contributed by atoms with Gasteiger partial charge in [0.15, 0.2) is 5.16 Å². The number of aryl methyl sites for hydroxylation is 1. The topological polar surface area (TPSA) is 36.9 Å². The van der Waals surface area contributed by atoms with Gasteiger partial charge >= 0.3 is 0 Å². The van der Waals surface area contributed by atoms with Crippen LogP contribution in [0.1, 0.15) is 11.3 Å². The van der Waals surface area contributed by atoms with Crippen molar-refractivity contribution in [3.05, 3.63) is 47.9 Å². The van der Waals surface area contributed by atoms with E-state index >= 15 is 0 Å². The van der Waals surface area contributed by atoms with Crippen molar-refractivity contribution in [1.82, 2.24) is 19.4 Å². The van der Waals surface area contributed by atoms with E-state index in [1.807, 2.05) is 19.4 Å². The van der Waals surface area contributed by atoms with Crippen molar-refractivity contribution >= 4 is 22.7 Å². The van der Waals surface area contributed by atoms with Crippen molar-refractivity contribution in [1.29, 1.82) is 0 Å². The molecular weight excluding hydrogens is 292 g/mol. The number of para-hydroxylation sites is 1. The largest absolute Gasteiger partial charge is 0.358 e. The lowest BCUT2D eigenvalue weighted by Gasteiger charge is -2.10. The number of imidazole rings is 1. The monoisotopic (exact) mass is 314 g/mol. The van der Waals surface area contributed by atoms with Gasteiger partial charge in [0.05, 0.1) is 0 Å². The molecule has 2 heterocycles. The average molecular weight is 314 g/mol. The predicted octanol–water partition coefficient (Wildman–Crippen LogP) is 3.30. The summed E-state index contributed by atoms with van der Waals surface area (Å²) in [7, 11) is 6.27. The van der Waals surface area contributed by atoms with E-state index in [0.29, 0.717) is 0 Å². The lowest BCUT2D eigenvalue weighted by Crippen LogP contribution is -2.15. The molecule has 0 aliphatic rings. The normalized spacial score (nSPS) is 11.6. The van der Waals surface area contributed by atoms with Crippen molar-refractivity contribution in [3.8, 4) is 0 Å². The number of rotatable bonds is 6. The number of aromatic amines is 1. The lowest BCUT2D eigenvalue weighted by molar-refractivity contribution is 0.412. The summed E-state index contributed by atoms with van der Waals surface area (Å²) in [6, 6.07) is 8.56. The van der Waals surface area contributed by atoms with E-state index in [2.05, 4.69) is 57.8 Å². The minimum absolute atomic E-state index is 0.942. The Hall–Kier alpha value is -1.72. The van der Waals surface area contributed by atoms with Crippen molar-refractivity contribution in [2.24, 2.45) is 7.05 Å². The summed E-state index contributed by atoms with van der Waals surface area (Å²) in [5.74, 6) is 0.942. The fourth-order valence-corrected chi connectivity index (χ4v) is 3.60. The molecule has 0 amide bonds. The maximum Gasteiger partial charge on any atom is 0.167 e. The zero-order chi connectivity index (χ0) is 15.5. The number of fused-ring (bicyclic) bond motifs is 1. The van der Waals surface area contributed by atoms with E-state index in [9.17, 15) is 0 Å². The second-order valence-corrected chi connectivity index (χ2v) is 6.73. The Morgan fingerprint density at radius 3 is 2.82 bits per heavy atom. The molecule has 0 aliphatic carbocycles. The molecule has 1 aromatic carbocycles. The van der Waals surface area contributed by atoms with Gasteiger partial charge in [-0.3, -0.25) is 0 Å². The van der Waals surface area contributed by atoms with E-state index < -0.39 is 0 Å². The molecule has 5 heteroatoms. The van der Waals surface area contributed by atoms with Crippen LogP contribution in [0.25, 0.3) is 10.9 Å². The number of aromatic nitrogens is 3. The Balaban J connectivity index is 1.88. The summed E-state index contributed by atoms with van der Waals surface area (Å²) >= 11 is 1.79. The van der Waals surface area contributed by atoms with E-state index in [1.165, 1.54) is 22.2 Å². The molecule has 0 fully saturated rings. The van der Waals surface area contributed by atoms with Crippen molar-refractivity contribution in [2.45, 2.75) is 17.3 Å². The summed E-state index contributed by atoms with van der Waals surface area (Å²) in [6.07, 6.45) is 4.88. The number of thioether (sulfide) groups is 1. The molecule has 4 nitrogen and oxygen atoms in total. The molecule has 0 unspecified atom stereocenters. The number of hydrogen-bond acceptors (Lipinski definition) is 3. The van der Waals surface area contributed by atoms with Crippen LogP contribution in [0.15, 0.2) is 41.8 Å². The molecule has 0 saturated heterocycles. The molecule has 3 aromatic rings. The Bertz CT molecular complexity index is 757. The highest BCUT2D eigenvalue weighted by molar-refractivity contribution is 7.98. The van der Waals surface area contributed by atoms with Gasteiger partial charge in [-0.25, -0.2) is 4.98 Å². The lowest BCUT2D eigenvalue weighted by atomic mass is 10.1. The van der Waals surface area contributed by atoms with Gasteiger partial charge in [-0.1, -0.05) is 30.0 Å². The van der Waals surface area contributed by atoms with Gasteiger partial charge in [-0.15, -0.1) is 0 Å². The second kappa shape index (κ2) is 6.58. The molecule has 1 N–H and O–H groups in total. The molecule has 0 bridgehead atoms. The number of nitrogens with zero attached hydrogens (tertiary/aromatic N) is 3. The third-order valence-corrected chi connectivity index (χ3v) is 4.92. The minimum atomic E-state index is 0.942. The average Bonchev–Trinajstić information content (AvgIpc) is 3.06. The molecule has 0 saturated carbocycles. The number of nitrogens with one attached hydrogen (secondary N) is 1. The minimum Gasteiger partial charge on any atom is -0.358 e. The van der Waals surface area contributed by atoms with Gasteiger partial charge in [-0.2, -0.15) is 0 Å². The van der Waals surface area contributed by atoms with E-state index in [-0.39, 0.29) is 0 Å². The molecule has 22 heavy (non-hydrogen) atoms. The van der Waals surface area contributed by atoms with E-state index in [4.69, 9.17) is 0 Å². The van der Waals surface area contributed by atoms with Crippen LogP contribution >= 0.6 is 11.8 Å². The van der Waals surface area contributed by atoms with Crippen molar-refractivity contribution in [3.63, 3.8) is 0 Å². The number of likely N-dealkylation sites (N-methyl/N-ethyl adjacent to an activating group) is 1. The maximum atomic E-state index is 4.41. The summed E-state index contributed by atoms with van der Waals surface area (Å²) in [5.41, 5.74) is 3.98. The number of hydrogen-bond donors (Lipinski definition) is 1. The van der Waals surface area contributed by atoms with Crippen LogP contribution in [0.2, 0.25) is 0 Å². The van der Waals surface area contributed by atoms with Gasteiger partial charge in [-0.05, 0) is 25.7 Å². The molecule has 0 radical (unpaired) electrons. The molecule has 0 aliphatic heterocycles. The van der Waals surface area contributed by atoms with Crippen LogP contribution < -0.4 is 0 Å². The summed E-state index contributed by atoms with van der Waals surface area (Å²) in [6.45, 7) is 1.05. The number of benzene rings is 1. The first-order valence-electron chi connectivity index (χ1n) is 7.48. The first-order valence-corrected chi connectivity index (χ1v) is 8.47. The molecule has 0 atom stereocenters. The Labute approximate surface area is 135 Å². The van der Waals surface area contributed by atoms with Crippen LogP contribution in [0.5, 0.6) is 0 Å². The fourth-order valence-electron chi connectivity index (χ4n) is 2.60. The Morgan fingerprint density at radius 2 is 2.09 bits per heavy atom. The Morgan fingerprint density at radius 1 is 1.27 bits per heavy atom. The number of H-pyrrole nitrogens is 1. The van der Waals surface area contributed by atoms with Crippen LogP contribution in [0, 0.1) is 0 Å². The molecule has 3 rings (SSSR count). The van der Waals surface area contributed by atoms with Crippen LogP contribution in [0.4, 0.5) is 0 Å². The summed E-state index contributed by atoms with van der Waals surface area (Å²) < 4.78 is 2.07. The third kappa shape index (κ3) is 3.20. The van der Waals surface area contributed by atoms with Crippen LogP contribution in [0.3, 0.4) is 0 Å². The van der Waals surface area contributed by atoms with Gasteiger partial charge in [0.25, 0.3) is 0 Å². The maximum absolute atomic E-state index is 4.41. The van der Waals surface area contributed by atoms with E-state index in [0.717, 1.165) is 23.9 Å². The first kappa shape index (κ1) is 15.2. The van der Waals surface area contributed by atoms with Gasteiger partial charge in [0, 0.05) is 54.8 Å². The van der Waals surface area contributed by atoms with Crippen molar-refractivity contribution in [2.75, 3.05) is 20.6 Å². The van der Waals surface area contributed by atoms with Gasteiger partial charge in [0.1, 0.15) is 0 Å². The zero-order valence-electron chi connectivity index (χ0n) is 13.3. The zero-order valence-corrected chi connectivity index (χ0v) is 14.2. The van der Waals surface area contributed by atoms with Crippen LogP contribution in [-0.2, 0) is 19.2 Å². The van der Waals surface area contributed by atoms with Gasteiger partial charge in [0.2, 0.25) is 0 Å². The summed E-state index contributed by atoms with van der Waals surface area (Å²) in [4.78, 5) is 10.2. The van der Waals surface area contributed by atoms with Crippen molar-refractivity contribution < 1.29 is 0 Å². The fraction of sp³-hybridized carbons (Fsp3) is 0.353. The standard InChI is InChI=1S/C17H22N4S/c1-20(2)10-8-16-14(12-22-17-18-9-11-21(17)3)13-6-4-5-7-15(13)19-16/h4-7,9,11,19H,8,10,12H2,1-3H3. The predicted molar refractivity (Wildman–Crippen MR) is 93.3 cm³/mol. The quantitative estimate of drug-likeness (QED) is 0.709. The third-order valence-electron chi connectivity index (χ3n) is 3.83. The first-order chi connectivity index (χ1) is 10.6. The molecule has 2 aromatic heterocycles. The SMILES string of the molecule is CN(C)CCc1[nH]c2ccccc2c1CSc1nccn1C. The highest BCUT2D eigenvalue weighted by Gasteiger charge is 2.12. The van der Waals surface area contributed by atoms with Crippen LogP contribution in [-0.4, -0.2) is 40.1 Å². The highest BCUT2D eigenvalue weighted by atomic mass is 32.2. The van der Waals surface area contributed by atoms with E-state index in [1.54, 1.807) is 11.8 Å². The summed E-state index contributed by atoms with van der Waals surface area (Å²) in [5, 5.41) is 2.39. The Kier molecular flexibility index (Phi) is 4.55. The molecular formula is C17H22N4S. The molecule has 116 valence electrons.